The van der Waals surface area contributed by atoms with Gasteiger partial charge >= 0.3 is 6.18 Å². The number of aliphatic hydroxyl groups is 1. The second-order valence-electron chi connectivity index (χ2n) is 7.03. The summed E-state index contributed by atoms with van der Waals surface area (Å²) in [6.45, 7) is 1.93. The number of Topliss-reactive ketones (excluding diaryl/α,β-unsaturated/α-hetero) is 1. The van der Waals surface area contributed by atoms with Gasteiger partial charge in [0.2, 0.25) is 0 Å². The van der Waals surface area contributed by atoms with Crippen molar-refractivity contribution < 1.29 is 27.9 Å². The molecule has 3 aromatic rings. The lowest BCUT2D eigenvalue weighted by molar-refractivity contribution is -0.137. The number of carbonyl (C=O) groups is 2. The Bertz CT molecular complexity index is 1190. The molecular formula is C20H18ClF3N6O3S. The maximum atomic E-state index is 13.0. The molecule has 0 spiro atoms. The highest BCUT2D eigenvalue weighted by Crippen LogP contribution is 2.35. The van der Waals surface area contributed by atoms with E-state index in [-0.39, 0.29) is 47.7 Å². The van der Waals surface area contributed by atoms with Gasteiger partial charge in [-0.2, -0.15) is 13.2 Å². The molecule has 0 aliphatic rings. The maximum Gasteiger partial charge on any atom is 0.418 e. The van der Waals surface area contributed by atoms with Gasteiger partial charge in [-0.25, -0.2) is 19.9 Å². The third-order valence-electron chi connectivity index (χ3n) is 4.43. The smallest absolute Gasteiger partial charge is 0.395 e. The highest BCUT2D eigenvalue weighted by Gasteiger charge is 2.34. The predicted octanol–water partition coefficient (Wildman–Crippen LogP) is 4.03. The van der Waals surface area contributed by atoms with Gasteiger partial charge in [-0.05, 0) is 6.07 Å². The second kappa shape index (κ2) is 10.8. The fourth-order valence-corrected chi connectivity index (χ4v) is 3.86. The number of thiazole rings is 1. The molecule has 0 radical (unpaired) electrons. The Hall–Kier alpha value is -3.16. The van der Waals surface area contributed by atoms with Gasteiger partial charge < -0.3 is 15.7 Å². The first-order valence-electron chi connectivity index (χ1n) is 9.78. The maximum absolute atomic E-state index is 13.0. The van der Waals surface area contributed by atoms with Crippen molar-refractivity contribution in [1.29, 1.82) is 0 Å². The average molecular weight is 515 g/mol. The van der Waals surface area contributed by atoms with Crippen LogP contribution >= 0.6 is 22.9 Å². The van der Waals surface area contributed by atoms with E-state index >= 15 is 0 Å². The summed E-state index contributed by atoms with van der Waals surface area (Å²) in [4.78, 5) is 41.0. The van der Waals surface area contributed by atoms with E-state index in [0.717, 1.165) is 17.5 Å². The Labute approximate surface area is 200 Å². The topological polar surface area (TPSA) is 130 Å². The van der Waals surface area contributed by atoms with Crippen molar-refractivity contribution in [3.63, 3.8) is 0 Å². The lowest BCUT2D eigenvalue weighted by Gasteiger charge is -2.10. The lowest BCUT2D eigenvalue weighted by Crippen LogP contribution is -2.13. The standard InChI is InChI=1S/C20H18ClF3N6O3S/c1-10(4-14(32)13-6-16(25-2-3-31)29-9-28-13)19-27-8-15(34-19)18(33)30-17-5-11(20(22,23)24)12(21)7-26-17/h5-10,31H,2-4H2,1H3,(H,25,28,29)(H,26,30,33). The number of halogens is 4. The molecule has 34 heavy (non-hydrogen) atoms. The van der Waals surface area contributed by atoms with Gasteiger partial charge in [0, 0.05) is 31.1 Å². The molecule has 0 aliphatic carbocycles. The molecule has 3 rings (SSSR count). The monoisotopic (exact) mass is 514 g/mol. The average Bonchev–Trinajstić information content (AvgIpc) is 3.29. The normalized spacial score (nSPS) is 12.3. The zero-order valence-electron chi connectivity index (χ0n) is 17.6. The number of alkyl halides is 3. The van der Waals surface area contributed by atoms with Gasteiger partial charge in [0.1, 0.15) is 28.5 Å². The van der Waals surface area contributed by atoms with Crippen molar-refractivity contribution in [2.45, 2.75) is 25.4 Å². The van der Waals surface area contributed by atoms with E-state index < -0.39 is 22.7 Å². The van der Waals surface area contributed by atoms with E-state index in [9.17, 15) is 22.8 Å². The highest BCUT2D eigenvalue weighted by atomic mass is 35.5. The van der Waals surface area contributed by atoms with Crippen molar-refractivity contribution >= 4 is 46.3 Å². The number of nitrogens with zero attached hydrogens (tertiary/aromatic N) is 4. The number of anilines is 2. The zero-order valence-corrected chi connectivity index (χ0v) is 19.1. The molecule has 1 atom stereocenters. The number of pyridine rings is 1. The van der Waals surface area contributed by atoms with Crippen LogP contribution in [0.3, 0.4) is 0 Å². The van der Waals surface area contributed by atoms with Crippen molar-refractivity contribution in [1.82, 2.24) is 19.9 Å². The van der Waals surface area contributed by atoms with Crippen molar-refractivity contribution in [2.24, 2.45) is 0 Å². The van der Waals surface area contributed by atoms with Crippen LogP contribution in [0.2, 0.25) is 5.02 Å². The number of hydrogen-bond acceptors (Lipinski definition) is 9. The number of aliphatic hydroxyl groups excluding tert-OH is 1. The molecule has 1 amide bonds. The molecule has 0 fully saturated rings. The molecule has 0 aliphatic heterocycles. The highest BCUT2D eigenvalue weighted by molar-refractivity contribution is 7.13. The van der Waals surface area contributed by atoms with E-state index in [1.54, 1.807) is 6.92 Å². The quantitative estimate of drug-likeness (QED) is 0.365. The fraction of sp³-hybridized carbons (Fsp3) is 0.300. The van der Waals surface area contributed by atoms with E-state index in [1.807, 2.05) is 0 Å². The summed E-state index contributed by atoms with van der Waals surface area (Å²) in [7, 11) is 0. The van der Waals surface area contributed by atoms with Crippen LogP contribution < -0.4 is 10.6 Å². The molecule has 0 saturated carbocycles. The van der Waals surface area contributed by atoms with Gasteiger partial charge in [-0.15, -0.1) is 11.3 Å². The van der Waals surface area contributed by atoms with E-state index in [1.165, 1.54) is 18.6 Å². The molecule has 180 valence electrons. The van der Waals surface area contributed by atoms with Crippen LogP contribution in [0, 0.1) is 0 Å². The van der Waals surface area contributed by atoms with E-state index in [0.29, 0.717) is 16.9 Å². The van der Waals surface area contributed by atoms with Crippen LogP contribution in [0.15, 0.2) is 30.9 Å². The Morgan fingerprint density at radius 2 is 1.91 bits per heavy atom. The first kappa shape index (κ1) is 25.5. The van der Waals surface area contributed by atoms with Crippen molar-refractivity contribution in [3.05, 3.63) is 57.0 Å². The van der Waals surface area contributed by atoms with Crippen LogP contribution in [0.5, 0.6) is 0 Å². The minimum atomic E-state index is -4.70. The Morgan fingerprint density at radius 1 is 1.15 bits per heavy atom. The van der Waals surface area contributed by atoms with Gasteiger partial charge in [-0.3, -0.25) is 9.59 Å². The largest absolute Gasteiger partial charge is 0.418 e. The summed E-state index contributed by atoms with van der Waals surface area (Å²) in [5, 5.41) is 13.9. The van der Waals surface area contributed by atoms with Gasteiger partial charge in [0.15, 0.2) is 5.78 Å². The van der Waals surface area contributed by atoms with Crippen LogP contribution in [-0.2, 0) is 6.18 Å². The Morgan fingerprint density at radius 3 is 2.62 bits per heavy atom. The molecule has 3 heterocycles. The predicted molar refractivity (Wildman–Crippen MR) is 119 cm³/mol. The fourth-order valence-electron chi connectivity index (χ4n) is 2.78. The second-order valence-corrected chi connectivity index (χ2v) is 8.50. The molecule has 3 N–H and O–H groups in total. The first-order valence-corrected chi connectivity index (χ1v) is 11.0. The summed E-state index contributed by atoms with van der Waals surface area (Å²) in [5.74, 6) is -1.23. The van der Waals surface area contributed by atoms with Gasteiger partial charge in [0.05, 0.1) is 28.4 Å². The van der Waals surface area contributed by atoms with Gasteiger partial charge in [0.25, 0.3) is 5.91 Å². The summed E-state index contributed by atoms with van der Waals surface area (Å²) in [5.41, 5.74) is -0.929. The number of rotatable bonds is 9. The SMILES string of the molecule is CC(CC(=O)c1cc(NCCO)ncn1)c1ncc(C(=O)Nc2cc(C(F)(F)F)c(Cl)cn2)s1. The number of nitrogens with one attached hydrogen (secondary N) is 2. The molecule has 9 nitrogen and oxygen atoms in total. The number of hydrogen-bond donors (Lipinski definition) is 3. The first-order chi connectivity index (χ1) is 16.1. The van der Waals surface area contributed by atoms with Crippen LogP contribution in [0.1, 0.15) is 50.0 Å². The third-order valence-corrected chi connectivity index (χ3v) is 5.96. The number of carbonyl (C=O) groups excluding carboxylic acids is 2. The minimum Gasteiger partial charge on any atom is -0.395 e. The molecule has 0 bridgehead atoms. The van der Waals surface area contributed by atoms with Crippen molar-refractivity contribution in [3.8, 4) is 0 Å². The van der Waals surface area contributed by atoms with Crippen LogP contribution in [-0.4, -0.2) is 49.9 Å². The van der Waals surface area contributed by atoms with E-state index in [4.69, 9.17) is 16.7 Å². The van der Waals surface area contributed by atoms with Gasteiger partial charge in [-0.1, -0.05) is 18.5 Å². The van der Waals surface area contributed by atoms with E-state index in [2.05, 4.69) is 30.6 Å². The summed E-state index contributed by atoms with van der Waals surface area (Å²) in [6, 6.07) is 2.12. The Kier molecular flexibility index (Phi) is 8.12. The molecule has 0 aromatic carbocycles. The number of ketones is 1. The number of amides is 1. The summed E-state index contributed by atoms with van der Waals surface area (Å²) < 4.78 is 39.0. The minimum absolute atomic E-state index is 0.0543. The van der Waals surface area contributed by atoms with Crippen LogP contribution in [0.25, 0.3) is 0 Å². The number of aromatic nitrogens is 4. The molecule has 1 unspecified atom stereocenters. The van der Waals surface area contributed by atoms with Crippen molar-refractivity contribution in [2.75, 3.05) is 23.8 Å². The Balaban J connectivity index is 1.65. The molecular weight excluding hydrogens is 497 g/mol. The molecule has 0 saturated heterocycles. The van der Waals surface area contributed by atoms with Crippen LogP contribution in [0.4, 0.5) is 24.8 Å². The zero-order chi connectivity index (χ0) is 24.9. The summed E-state index contributed by atoms with van der Waals surface area (Å²) >= 11 is 6.55. The summed E-state index contributed by atoms with van der Waals surface area (Å²) in [6.07, 6.45) is -1.32. The molecule has 3 aromatic heterocycles. The third kappa shape index (κ3) is 6.46. The lowest BCUT2D eigenvalue weighted by atomic mass is 10.0. The molecule has 14 heteroatoms.